The van der Waals surface area contributed by atoms with Gasteiger partial charge in [0.2, 0.25) is 0 Å². The zero-order valence-electron chi connectivity index (χ0n) is 11.2. The van der Waals surface area contributed by atoms with Crippen LogP contribution < -0.4 is 5.73 Å². The molecule has 10 heteroatoms. The van der Waals surface area contributed by atoms with Gasteiger partial charge in [0, 0.05) is 5.92 Å². The quantitative estimate of drug-likeness (QED) is 0.618. The van der Waals surface area contributed by atoms with Gasteiger partial charge >= 0.3 is 21.7 Å². The molecule has 0 aromatic rings. The molecule has 0 heterocycles. The van der Waals surface area contributed by atoms with Crippen LogP contribution in [0.5, 0.6) is 0 Å². The predicted octanol–water partition coefficient (Wildman–Crippen LogP) is 2.27. The summed E-state index contributed by atoms with van der Waals surface area (Å²) in [5, 5.41) is 0. The molecular weight excluding hydrogens is 315 g/mol. The van der Waals surface area contributed by atoms with Crippen LogP contribution in [0, 0.1) is 11.8 Å². The van der Waals surface area contributed by atoms with E-state index in [0.29, 0.717) is 12.8 Å². The molecule has 0 aromatic heterocycles. The van der Waals surface area contributed by atoms with Crippen molar-refractivity contribution >= 4 is 16.2 Å². The Morgan fingerprint density at radius 2 is 1.76 bits per heavy atom. The summed E-state index contributed by atoms with van der Waals surface area (Å²) < 4.78 is 66.0. The summed E-state index contributed by atoms with van der Waals surface area (Å²) in [6, 6.07) is 0. The Bertz CT molecular complexity index is 506. The zero-order chi connectivity index (χ0) is 16.3. The van der Waals surface area contributed by atoms with Crippen molar-refractivity contribution in [2.75, 3.05) is 7.11 Å². The Kier molecular flexibility index (Phi) is 5.48. The average molecular weight is 331 g/mol. The monoisotopic (exact) mass is 331 g/mol. The molecule has 0 atom stereocenters. The summed E-state index contributed by atoms with van der Waals surface area (Å²) in [7, 11) is -4.26. The van der Waals surface area contributed by atoms with Crippen molar-refractivity contribution in [3.8, 4) is 0 Å². The molecule has 0 aromatic carbocycles. The Labute approximate surface area is 120 Å². The molecule has 0 saturated heterocycles. The van der Waals surface area contributed by atoms with Crippen molar-refractivity contribution < 1.29 is 35.3 Å². The number of halogens is 3. The SMILES string of the molecule is COC(N)=O.O=S(=O)(OC1=CC2CCC1CC2)C(F)(F)F. The largest absolute Gasteiger partial charge is 0.534 e. The topological polar surface area (TPSA) is 95.7 Å². The van der Waals surface area contributed by atoms with Gasteiger partial charge in [-0.1, -0.05) is 0 Å². The van der Waals surface area contributed by atoms with Gasteiger partial charge in [-0.2, -0.15) is 21.6 Å². The molecule has 0 aliphatic heterocycles. The van der Waals surface area contributed by atoms with E-state index in [4.69, 9.17) is 0 Å². The summed E-state index contributed by atoms with van der Waals surface area (Å²) in [5.41, 5.74) is -0.912. The van der Waals surface area contributed by atoms with Crippen molar-refractivity contribution in [3.05, 3.63) is 11.8 Å². The number of methoxy groups -OCH3 is 1. The lowest BCUT2D eigenvalue weighted by Gasteiger charge is -2.34. The van der Waals surface area contributed by atoms with Crippen LogP contribution in [0.3, 0.4) is 0 Å². The Balaban J connectivity index is 0.000000383. The second-order valence-corrected chi connectivity index (χ2v) is 6.22. The summed E-state index contributed by atoms with van der Waals surface area (Å²) in [4.78, 5) is 9.37. The highest BCUT2D eigenvalue weighted by molar-refractivity contribution is 7.87. The van der Waals surface area contributed by atoms with E-state index in [1.807, 2.05) is 0 Å². The van der Waals surface area contributed by atoms with Gasteiger partial charge in [-0.05, 0) is 37.7 Å². The fourth-order valence-electron chi connectivity index (χ4n) is 2.21. The van der Waals surface area contributed by atoms with Crippen molar-refractivity contribution in [2.45, 2.75) is 31.2 Å². The molecule has 0 spiro atoms. The van der Waals surface area contributed by atoms with E-state index < -0.39 is 21.7 Å². The third-order valence-corrected chi connectivity index (χ3v) is 4.24. The highest BCUT2D eigenvalue weighted by Gasteiger charge is 2.49. The third-order valence-electron chi connectivity index (χ3n) is 3.26. The second kappa shape index (κ2) is 6.54. The first-order chi connectivity index (χ1) is 9.56. The van der Waals surface area contributed by atoms with Gasteiger partial charge in [-0.15, -0.1) is 0 Å². The van der Waals surface area contributed by atoms with Crippen molar-refractivity contribution in [2.24, 2.45) is 17.6 Å². The van der Waals surface area contributed by atoms with E-state index in [1.165, 1.54) is 13.2 Å². The fraction of sp³-hybridized carbons (Fsp3) is 0.727. The standard InChI is InChI=1S/C9H11F3O3S.C2H5NO2/c10-9(11,12)16(13,14)15-8-5-6-1-3-7(8)4-2-6;1-5-2(3)4/h5-7H,1-4H2;1H3,(H2,3,4). The minimum absolute atomic E-state index is 0.0141. The number of amides is 1. The molecule has 3 rings (SSSR count). The van der Waals surface area contributed by atoms with Crippen LogP contribution in [0.25, 0.3) is 0 Å². The van der Waals surface area contributed by atoms with Gasteiger partial charge in [-0.3, -0.25) is 0 Å². The Morgan fingerprint density at radius 3 is 2.05 bits per heavy atom. The van der Waals surface area contributed by atoms with Crippen LogP contribution in [-0.2, 0) is 19.0 Å². The number of ether oxygens (including phenoxy) is 1. The van der Waals surface area contributed by atoms with Crippen LogP contribution in [0.1, 0.15) is 25.7 Å². The van der Waals surface area contributed by atoms with E-state index in [-0.39, 0.29) is 17.6 Å². The molecule has 1 amide bonds. The number of carbonyl (C=O) groups excluding carboxylic acids is 1. The molecule has 3 aliphatic carbocycles. The van der Waals surface area contributed by atoms with Crippen LogP contribution >= 0.6 is 0 Å². The molecule has 2 bridgehead atoms. The van der Waals surface area contributed by atoms with Crippen LogP contribution in [0.2, 0.25) is 0 Å². The van der Waals surface area contributed by atoms with Crippen molar-refractivity contribution in [1.29, 1.82) is 0 Å². The summed E-state index contributed by atoms with van der Waals surface area (Å²) in [6.07, 6.45) is 4.02. The van der Waals surface area contributed by atoms with E-state index in [0.717, 1.165) is 12.8 Å². The molecule has 1 fully saturated rings. The molecule has 2 N–H and O–H groups in total. The Hall–Kier alpha value is -1.45. The summed E-state index contributed by atoms with van der Waals surface area (Å²) in [5.74, 6) is -0.00890. The first kappa shape index (κ1) is 17.6. The third kappa shape index (κ3) is 4.80. The number of hydrogen-bond acceptors (Lipinski definition) is 5. The molecule has 6 nitrogen and oxygen atoms in total. The fourth-order valence-corrected chi connectivity index (χ4v) is 2.75. The van der Waals surface area contributed by atoms with E-state index in [2.05, 4.69) is 14.7 Å². The van der Waals surface area contributed by atoms with Crippen LogP contribution in [0.4, 0.5) is 18.0 Å². The van der Waals surface area contributed by atoms with Gasteiger partial charge in [0.1, 0.15) is 5.76 Å². The number of primary amides is 1. The number of alkyl halides is 3. The lowest BCUT2D eigenvalue weighted by Crippen LogP contribution is -2.30. The van der Waals surface area contributed by atoms with Crippen LogP contribution in [-0.4, -0.2) is 27.1 Å². The number of carbonyl (C=O) groups is 1. The maximum absolute atomic E-state index is 12.1. The predicted molar refractivity (Wildman–Crippen MR) is 66.2 cm³/mol. The minimum atomic E-state index is -5.49. The van der Waals surface area contributed by atoms with E-state index in [9.17, 15) is 26.4 Å². The maximum Gasteiger partial charge on any atom is 0.534 e. The lowest BCUT2D eigenvalue weighted by atomic mass is 9.75. The normalized spacial score (nSPS) is 24.5. The summed E-state index contributed by atoms with van der Waals surface area (Å²) >= 11 is 0. The number of fused-ring (bicyclic) bond motifs is 2. The van der Waals surface area contributed by atoms with Crippen molar-refractivity contribution in [1.82, 2.24) is 0 Å². The Morgan fingerprint density at radius 1 is 1.29 bits per heavy atom. The first-order valence-corrected chi connectivity index (χ1v) is 7.53. The maximum atomic E-state index is 12.1. The highest BCUT2D eigenvalue weighted by Crippen LogP contribution is 2.42. The number of nitrogens with two attached hydrogens (primary N) is 1. The molecular formula is C11H16F3NO5S. The van der Waals surface area contributed by atoms with Crippen LogP contribution in [0.15, 0.2) is 11.8 Å². The smallest absolute Gasteiger partial charge is 0.453 e. The lowest BCUT2D eigenvalue weighted by molar-refractivity contribution is -0.0531. The van der Waals surface area contributed by atoms with Crippen molar-refractivity contribution in [3.63, 3.8) is 0 Å². The van der Waals surface area contributed by atoms with Gasteiger partial charge in [0.05, 0.1) is 7.11 Å². The van der Waals surface area contributed by atoms with Gasteiger partial charge in [0.25, 0.3) is 0 Å². The molecule has 1 saturated carbocycles. The van der Waals surface area contributed by atoms with E-state index in [1.54, 1.807) is 0 Å². The molecule has 3 aliphatic rings. The number of allylic oxidation sites excluding steroid dienone is 2. The summed E-state index contributed by atoms with van der Waals surface area (Å²) in [6.45, 7) is 0. The number of rotatable bonds is 2. The average Bonchev–Trinajstić information content (AvgIpc) is 2.39. The minimum Gasteiger partial charge on any atom is -0.453 e. The second-order valence-electron chi connectivity index (χ2n) is 4.69. The van der Waals surface area contributed by atoms with E-state index >= 15 is 0 Å². The first-order valence-electron chi connectivity index (χ1n) is 6.12. The van der Waals surface area contributed by atoms with Gasteiger partial charge in [-0.25, -0.2) is 4.79 Å². The molecule has 21 heavy (non-hydrogen) atoms. The van der Waals surface area contributed by atoms with Gasteiger partial charge < -0.3 is 14.7 Å². The van der Waals surface area contributed by atoms with Gasteiger partial charge in [0.15, 0.2) is 0 Å². The zero-order valence-corrected chi connectivity index (χ0v) is 12.0. The highest BCUT2D eigenvalue weighted by atomic mass is 32.2. The molecule has 0 radical (unpaired) electrons. The molecule has 0 unspecified atom stereocenters. The number of hydrogen-bond donors (Lipinski definition) is 1. The molecule has 122 valence electrons.